The van der Waals surface area contributed by atoms with Crippen molar-refractivity contribution in [3.05, 3.63) is 35.9 Å². The van der Waals surface area contributed by atoms with Crippen LogP contribution in [-0.2, 0) is 23.7 Å². The lowest BCUT2D eigenvalue weighted by molar-refractivity contribution is -0.176. The van der Waals surface area contributed by atoms with E-state index >= 15 is 0 Å². The molecule has 25 heavy (non-hydrogen) atoms. The molecule has 0 aliphatic rings. The lowest BCUT2D eigenvalue weighted by atomic mass is 10.0. The molecule has 8 nitrogen and oxygen atoms in total. The van der Waals surface area contributed by atoms with Gasteiger partial charge in [0.25, 0.3) is 0 Å². The highest BCUT2D eigenvalue weighted by molar-refractivity contribution is 5.89. The van der Waals surface area contributed by atoms with Crippen LogP contribution < -0.4 is 0 Å². The number of carbonyl (C=O) groups excluding carboxylic acids is 1. The number of nitrogens with zero attached hydrogens (tertiary/aromatic N) is 1. The van der Waals surface area contributed by atoms with E-state index in [4.69, 9.17) is 18.9 Å². The Morgan fingerprint density at radius 2 is 1.76 bits per heavy atom. The van der Waals surface area contributed by atoms with E-state index in [1.165, 1.54) is 14.2 Å². The number of ether oxygens (including phenoxy) is 4. The number of rotatable bonds is 11. The second-order valence-corrected chi connectivity index (χ2v) is 5.55. The van der Waals surface area contributed by atoms with Crippen LogP contribution in [-0.4, -0.2) is 81.9 Å². The molecule has 0 aliphatic heterocycles. The molecular formula is C17H25NO7. The molecule has 3 atom stereocenters. The molecule has 0 heterocycles. The van der Waals surface area contributed by atoms with Gasteiger partial charge in [-0.3, -0.25) is 0 Å². The van der Waals surface area contributed by atoms with E-state index in [1.807, 2.05) is 0 Å². The lowest BCUT2D eigenvalue weighted by Crippen LogP contribution is -2.54. The third-order valence-electron chi connectivity index (χ3n) is 3.54. The van der Waals surface area contributed by atoms with Crippen molar-refractivity contribution in [1.82, 2.24) is 4.90 Å². The molecule has 1 aromatic rings. The van der Waals surface area contributed by atoms with Crippen LogP contribution in [0.25, 0.3) is 0 Å². The molecule has 0 saturated carbocycles. The van der Waals surface area contributed by atoms with Gasteiger partial charge in [0.05, 0.1) is 18.2 Å². The zero-order valence-corrected chi connectivity index (χ0v) is 14.9. The highest BCUT2D eigenvalue weighted by Crippen LogP contribution is 2.17. The summed E-state index contributed by atoms with van der Waals surface area (Å²) in [6, 6.07) is 7.80. The Kier molecular flexibility index (Phi) is 9.07. The molecule has 0 radical (unpaired) electrons. The van der Waals surface area contributed by atoms with Crippen molar-refractivity contribution in [3.8, 4) is 0 Å². The van der Waals surface area contributed by atoms with E-state index in [0.717, 1.165) is 0 Å². The summed E-state index contributed by atoms with van der Waals surface area (Å²) >= 11 is 0. The maximum absolute atomic E-state index is 12.4. The maximum atomic E-state index is 12.4. The van der Waals surface area contributed by atoms with Crippen LogP contribution in [0.4, 0.5) is 0 Å². The summed E-state index contributed by atoms with van der Waals surface area (Å²) in [7, 11) is 6.34. The van der Waals surface area contributed by atoms with Gasteiger partial charge in [0.15, 0.2) is 12.2 Å². The zero-order chi connectivity index (χ0) is 18.8. The summed E-state index contributed by atoms with van der Waals surface area (Å²) < 4.78 is 20.7. The fraction of sp³-hybridized carbons (Fsp3) is 0.529. The molecule has 0 fully saturated rings. The number of carbonyl (C=O) groups is 2. The molecule has 1 N–H and O–H groups in total. The first-order chi connectivity index (χ1) is 11.9. The van der Waals surface area contributed by atoms with Crippen LogP contribution in [0.3, 0.4) is 0 Å². The molecule has 0 unspecified atom stereocenters. The number of benzene rings is 1. The van der Waals surface area contributed by atoms with Crippen molar-refractivity contribution < 1.29 is 33.6 Å². The molecule has 0 spiro atoms. The highest BCUT2D eigenvalue weighted by atomic mass is 16.7. The van der Waals surface area contributed by atoms with Gasteiger partial charge in [0, 0.05) is 14.2 Å². The van der Waals surface area contributed by atoms with Gasteiger partial charge >= 0.3 is 11.9 Å². The van der Waals surface area contributed by atoms with Crippen LogP contribution in [0.2, 0.25) is 0 Å². The standard InChI is InChI=1S/C17H25NO7/c1-18(2)13(10-22-3)14(15(16(19)20)24-11-23-4)25-17(21)12-8-6-5-7-9-12/h5-9,13-15H,10-11H2,1-4H3,(H,19,20)/t13-,14-,15-/m0/s1. The average Bonchev–Trinajstić information content (AvgIpc) is 2.59. The summed E-state index contributed by atoms with van der Waals surface area (Å²) in [5.74, 6) is -1.90. The fourth-order valence-corrected chi connectivity index (χ4v) is 2.26. The van der Waals surface area contributed by atoms with Gasteiger partial charge in [0.1, 0.15) is 6.79 Å². The topological polar surface area (TPSA) is 94.5 Å². The monoisotopic (exact) mass is 355 g/mol. The fourth-order valence-electron chi connectivity index (χ4n) is 2.26. The van der Waals surface area contributed by atoms with E-state index in [-0.39, 0.29) is 13.4 Å². The third kappa shape index (κ3) is 6.43. The Morgan fingerprint density at radius 3 is 2.24 bits per heavy atom. The second-order valence-electron chi connectivity index (χ2n) is 5.55. The second kappa shape index (κ2) is 10.8. The van der Waals surface area contributed by atoms with Gasteiger partial charge in [-0.2, -0.15) is 0 Å². The number of esters is 1. The molecular weight excluding hydrogens is 330 g/mol. The quantitative estimate of drug-likeness (QED) is 0.461. The maximum Gasteiger partial charge on any atom is 0.338 e. The minimum absolute atomic E-state index is 0.153. The van der Waals surface area contributed by atoms with Gasteiger partial charge in [-0.25, -0.2) is 9.59 Å². The molecule has 1 aromatic carbocycles. The Labute approximate surface area is 147 Å². The van der Waals surface area contributed by atoms with E-state index in [9.17, 15) is 14.7 Å². The summed E-state index contributed by atoms with van der Waals surface area (Å²) in [6.07, 6.45) is -2.51. The van der Waals surface area contributed by atoms with Gasteiger partial charge in [-0.15, -0.1) is 0 Å². The van der Waals surface area contributed by atoms with Crippen molar-refractivity contribution in [2.75, 3.05) is 41.7 Å². The normalized spacial score (nSPS) is 14.8. The SMILES string of the molecule is COCO[C@H](C(=O)O)[C@@H](OC(=O)c1ccccc1)[C@H](COC)N(C)C. The Balaban J connectivity index is 3.11. The number of methoxy groups -OCH3 is 2. The largest absolute Gasteiger partial charge is 0.479 e. The van der Waals surface area contributed by atoms with Crippen LogP contribution in [0, 0.1) is 0 Å². The number of hydrogen-bond donors (Lipinski definition) is 1. The molecule has 0 aliphatic carbocycles. The van der Waals surface area contributed by atoms with Crippen molar-refractivity contribution in [1.29, 1.82) is 0 Å². The van der Waals surface area contributed by atoms with E-state index in [0.29, 0.717) is 5.56 Å². The Morgan fingerprint density at radius 1 is 1.12 bits per heavy atom. The van der Waals surface area contributed by atoms with Gasteiger partial charge in [-0.1, -0.05) is 18.2 Å². The Bertz CT molecular complexity index is 535. The number of carboxylic acids is 1. The molecule has 0 saturated heterocycles. The first-order valence-corrected chi connectivity index (χ1v) is 7.67. The van der Waals surface area contributed by atoms with Crippen LogP contribution in [0.1, 0.15) is 10.4 Å². The third-order valence-corrected chi connectivity index (χ3v) is 3.54. The predicted molar refractivity (Wildman–Crippen MR) is 89.4 cm³/mol. The molecule has 0 bridgehead atoms. The summed E-state index contributed by atoms with van der Waals surface area (Å²) in [6.45, 7) is -0.0939. The number of carboxylic acid groups (broad SMARTS) is 1. The van der Waals surface area contributed by atoms with Gasteiger partial charge in [0.2, 0.25) is 0 Å². The highest BCUT2D eigenvalue weighted by Gasteiger charge is 2.40. The summed E-state index contributed by atoms with van der Waals surface area (Å²) in [4.78, 5) is 25.8. The minimum atomic E-state index is -1.41. The predicted octanol–water partition coefficient (Wildman–Crippen LogP) is 0.862. The van der Waals surface area contributed by atoms with Crippen molar-refractivity contribution in [2.45, 2.75) is 18.2 Å². The van der Waals surface area contributed by atoms with E-state index < -0.39 is 30.2 Å². The lowest BCUT2D eigenvalue weighted by Gasteiger charge is -2.34. The average molecular weight is 355 g/mol. The molecule has 0 amide bonds. The molecule has 0 aromatic heterocycles. The first kappa shape index (κ1) is 21.0. The van der Waals surface area contributed by atoms with Gasteiger partial charge < -0.3 is 29.0 Å². The van der Waals surface area contributed by atoms with Crippen molar-refractivity contribution >= 4 is 11.9 Å². The van der Waals surface area contributed by atoms with Crippen LogP contribution in [0.5, 0.6) is 0 Å². The van der Waals surface area contributed by atoms with Crippen LogP contribution >= 0.6 is 0 Å². The van der Waals surface area contributed by atoms with Gasteiger partial charge in [-0.05, 0) is 26.2 Å². The first-order valence-electron chi connectivity index (χ1n) is 7.67. The molecule has 1 rings (SSSR count). The molecule has 140 valence electrons. The van der Waals surface area contributed by atoms with E-state index in [1.54, 1.807) is 49.3 Å². The number of hydrogen-bond acceptors (Lipinski definition) is 7. The van der Waals surface area contributed by atoms with E-state index in [2.05, 4.69) is 0 Å². The zero-order valence-electron chi connectivity index (χ0n) is 14.9. The number of aliphatic carboxylic acids is 1. The minimum Gasteiger partial charge on any atom is -0.479 e. The summed E-state index contributed by atoms with van der Waals surface area (Å²) in [5.41, 5.74) is 0.318. The molecule has 8 heteroatoms. The Hall–Kier alpha value is -2.00. The number of likely N-dealkylation sites (N-methyl/N-ethyl adjacent to an activating group) is 1. The summed E-state index contributed by atoms with van der Waals surface area (Å²) in [5, 5.41) is 9.52. The van der Waals surface area contributed by atoms with Crippen molar-refractivity contribution in [3.63, 3.8) is 0 Å². The van der Waals surface area contributed by atoms with Crippen molar-refractivity contribution in [2.24, 2.45) is 0 Å². The smallest absolute Gasteiger partial charge is 0.338 e. The van der Waals surface area contributed by atoms with Crippen LogP contribution in [0.15, 0.2) is 30.3 Å².